The third kappa shape index (κ3) is 2.69. The third-order valence-electron chi connectivity index (χ3n) is 3.80. The zero-order valence-corrected chi connectivity index (χ0v) is 12.6. The lowest BCUT2D eigenvalue weighted by Gasteiger charge is -2.02. The monoisotopic (exact) mass is 297 g/mol. The van der Waals surface area contributed by atoms with Crippen LogP contribution in [0.2, 0.25) is 0 Å². The summed E-state index contributed by atoms with van der Waals surface area (Å²) in [5.74, 6) is 1.35. The Kier molecular flexibility index (Phi) is 3.24. The van der Waals surface area contributed by atoms with Crippen molar-refractivity contribution in [1.82, 2.24) is 0 Å². The summed E-state index contributed by atoms with van der Waals surface area (Å²) >= 11 is 0. The van der Waals surface area contributed by atoms with Gasteiger partial charge in [-0.05, 0) is 11.6 Å². The summed E-state index contributed by atoms with van der Waals surface area (Å²) < 4.78 is 14.9. The number of hydrogen-bond donors (Lipinski definition) is 0. The summed E-state index contributed by atoms with van der Waals surface area (Å²) in [6.07, 6.45) is 0. The molecule has 3 aromatic carbocycles. The molecule has 4 aromatic rings. The molecule has 1 nitrogen and oxygen atoms in total. The number of rotatable bonds is 3. The van der Waals surface area contributed by atoms with Crippen molar-refractivity contribution < 1.29 is 5.79 Å². The van der Waals surface area contributed by atoms with Crippen molar-refractivity contribution in [3.63, 3.8) is 0 Å². The van der Waals surface area contributed by atoms with Gasteiger partial charge >= 0.3 is 0 Å². The van der Waals surface area contributed by atoms with Gasteiger partial charge in [-0.1, -0.05) is 91.0 Å². The smallest absolute Gasteiger partial charge is 0.142 e. The first kappa shape index (κ1) is 12.5. The van der Waals surface area contributed by atoms with Crippen molar-refractivity contribution in [1.29, 1.82) is 0 Å². The van der Waals surface area contributed by atoms with Crippen molar-refractivity contribution in [3.05, 3.63) is 97.0 Å². The van der Waals surface area contributed by atoms with E-state index in [0.29, 0.717) is 11.8 Å². The van der Waals surface area contributed by atoms with Crippen LogP contribution >= 0.6 is 0 Å². The van der Waals surface area contributed by atoms with Crippen molar-refractivity contribution in [2.24, 2.45) is 0 Å². The molecule has 0 saturated carbocycles. The third-order valence-corrected chi connectivity index (χ3v) is 3.80. The fourth-order valence-corrected chi connectivity index (χ4v) is 2.67. The molecule has 1 heteroatoms. The van der Waals surface area contributed by atoms with Gasteiger partial charge in [-0.25, -0.2) is 0 Å². The molecule has 0 bridgehead atoms. The summed E-state index contributed by atoms with van der Waals surface area (Å²) in [6, 6.07) is 30.2. The van der Waals surface area contributed by atoms with E-state index in [1.807, 2.05) is 91.0 Å². The maximum Gasteiger partial charge on any atom is 0.142 e. The number of hydrogen-bond acceptors (Lipinski definition) is 1. The van der Waals surface area contributed by atoms with Crippen LogP contribution in [0.1, 0.15) is 1.37 Å². The van der Waals surface area contributed by atoms with Gasteiger partial charge in [0, 0.05) is 16.7 Å². The van der Waals surface area contributed by atoms with Crippen LogP contribution in [-0.2, 0) is 0 Å². The summed E-state index contributed by atoms with van der Waals surface area (Å²) in [7, 11) is 0. The van der Waals surface area contributed by atoms with Crippen molar-refractivity contribution in [3.8, 4) is 33.8 Å². The molecule has 1 aromatic heterocycles. The molecule has 4 rings (SSSR count). The van der Waals surface area contributed by atoms with Crippen LogP contribution < -0.4 is 0 Å². The van der Waals surface area contributed by atoms with E-state index in [1.54, 1.807) is 0 Å². The molecule has 0 fully saturated rings. The molecule has 23 heavy (non-hydrogen) atoms. The standard InChI is InChI=1S/C22H16O/c1-4-10-17(11-5-1)20-16-21(18-12-6-2-7-13-18)23-22(20)19-14-8-3-9-15-19/h1-16H/i16D. The van der Waals surface area contributed by atoms with Crippen LogP contribution in [-0.4, -0.2) is 0 Å². The lowest BCUT2D eigenvalue weighted by atomic mass is 10.0. The summed E-state index contributed by atoms with van der Waals surface area (Å²) in [5.41, 5.74) is 3.72. The molecular weight excluding hydrogens is 280 g/mol. The number of benzene rings is 3. The van der Waals surface area contributed by atoms with Gasteiger partial charge in [0.05, 0.1) is 1.37 Å². The second kappa shape index (κ2) is 5.98. The first-order valence-electron chi connectivity index (χ1n) is 8.14. The highest BCUT2D eigenvalue weighted by Gasteiger charge is 2.15. The Balaban J connectivity index is 1.99. The largest absolute Gasteiger partial charge is 0.455 e. The Morgan fingerprint density at radius 2 is 1.04 bits per heavy atom. The van der Waals surface area contributed by atoms with Gasteiger partial charge in [-0.3, -0.25) is 0 Å². The minimum Gasteiger partial charge on any atom is -0.455 e. The molecule has 0 unspecified atom stereocenters. The first-order chi connectivity index (χ1) is 11.8. The molecule has 0 amide bonds. The molecule has 0 aliphatic rings. The SMILES string of the molecule is [2H]c1c(-c2ccccc2)oc(-c2ccccc2)c1-c1ccccc1. The van der Waals surface area contributed by atoms with E-state index in [2.05, 4.69) is 0 Å². The van der Waals surface area contributed by atoms with E-state index in [4.69, 9.17) is 5.79 Å². The maximum absolute atomic E-state index is 8.70. The molecule has 0 saturated heterocycles. The molecule has 1 heterocycles. The minimum atomic E-state index is 0.422. The Hall–Kier alpha value is -3.06. The number of furan rings is 1. The van der Waals surface area contributed by atoms with Gasteiger partial charge in [0.2, 0.25) is 0 Å². The fraction of sp³-hybridized carbons (Fsp3) is 0. The predicted octanol–water partition coefficient (Wildman–Crippen LogP) is 6.28. The molecule has 0 spiro atoms. The predicted molar refractivity (Wildman–Crippen MR) is 95.0 cm³/mol. The average Bonchev–Trinajstić information content (AvgIpc) is 3.01. The van der Waals surface area contributed by atoms with Gasteiger partial charge in [-0.15, -0.1) is 0 Å². The molecule has 0 N–H and O–H groups in total. The lowest BCUT2D eigenvalue weighted by molar-refractivity contribution is 0.598. The highest BCUT2D eigenvalue weighted by atomic mass is 16.3. The summed E-state index contributed by atoms with van der Waals surface area (Å²) in [4.78, 5) is 0. The Labute approximate surface area is 137 Å². The van der Waals surface area contributed by atoms with Crippen LogP contribution in [0, 0.1) is 0 Å². The molecule has 0 aliphatic heterocycles. The Morgan fingerprint density at radius 3 is 1.61 bits per heavy atom. The van der Waals surface area contributed by atoms with Crippen LogP contribution in [0.15, 0.2) is 101 Å². The summed E-state index contributed by atoms with van der Waals surface area (Å²) in [6.45, 7) is 0. The second-order valence-electron chi connectivity index (χ2n) is 5.36. The zero-order valence-electron chi connectivity index (χ0n) is 13.6. The first-order valence-corrected chi connectivity index (χ1v) is 7.64. The van der Waals surface area contributed by atoms with E-state index in [-0.39, 0.29) is 0 Å². The summed E-state index contributed by atoms with van der Waals surface area (Å²) in [5, 5.41) is 0. The molecule has 0 aliphatic carbocycles. The van der Waals surface area contributed by atoms with Gasteiger partial charge in [0.25, 0.3) is 0 Å². The quantitative estimate of drug-likeness (QED) is 0.433. The Morgan fingerprint density at radius 1 is 0.565 bits per heavy atom. The maximum atomic E-state index is 8.70. The van der Waals surface area contributed by atoms with Crippen molar-refractivity contribution in [2.45, 2.75) is 0 Å². The van der Waals surface area contributed by atoms with Gasteiger partial charge < -0.3 is 4.42 Å². The van der Waals surface area contributed by atoms with E-state index in [0.717, 1.165) is 28.0 Å². The highest BCUT2D eigenvalue weighted by molar-refractivity contribution is 5.83. The topological polar surface area (TPSA) is 13.1 Å². The van der Waals surface area contributed by atoms with E-state index in [9.17, 15) is 0 Å². The van der Waals surface area contributed by atoms with Crippen LogP contribution in [0.4, 0.5) is 0 Å². The van der Waals surface area contributed by atoms with Gasteiger partial charge in [0.15, 0.2) is 0 Å². The van der Waals surface area contributed by atoms with Crippen LogP contribution in [0.3, 0.4) is 0 Å². The molecule has 0 radical (unpaired) electrons. The van der Waals surface area contributed by atoms with E-state index in [1.165, 1.54) is 0 Å². The fourth-order valence-electron chi connectivity index (χ4n) is 2.67. The zero-order chi connectivity index (χ0) is 16.4. The van der Waals surface area contributed by atoms with Gasteiger partial charge in [-0.2, -0.15) is 0 Å². The average molecular weight is 297 g/mol. The second-order valence-corrected chi connectivity index (χ2v) is 5.36. The highest BCUT2D eigenvalue weighted by Crippen LogP contribution is 2.38. The van der Waals surface area contributed by atoms with Gasteiger partial charge in [0.1, 0.15) is 11.5 Å². The van der Waals surface area contributed by atoms with E-state index < -0.39 is 0 Å². The van der Waals surface area contributed by atoms with E-state index >= 15 is 0 Å². The van der Waals surface area contributed by atoms with Crippen LogP contribution in [0.5, 0.6) is 0 Å². The normalized spacial score (nSPS) is 11.2. The Bertz CT molecular complexity index is 941. The molecule has 110 valence electrons. The molecule has 0 atom stereocenters. The van der Waals surface area contributed by atoms with Crippen molar-refractivity contribution in [2.75, 3.05) is 0 Å². The van der Waals surface area contributed by atoms with Crippen LogP contribution in [0.25, 0.3) is 33.8 Å². The minimum absolute atomic E-state index is 0.422. The molecular formula is C22H16O. The van der Waals surface area contributed by atoms with Crippen molar-refractivity contribution >= 4 is 0 Å². The lowest BCUT2D eigenvalue weighted by Crippen LogP contribution is -1.78.